The molecule has 0 bridgehead atoms. The molecule has 0 radical (unpaired) electrons. The molecule has 0 aromatic heterocycles. The van der Waals surface area contributed by atoms with Gasteiger partial charge in [0.25, 0.3) is 0 Å². The first-order valence-corrected chi connectivity index (χ1v) is 12.8. The van der Waals surface area contributed by atoms with Crippen LogP contribution in [-0.4, -0.2) is 40.8 Å². The van der Waals surface area contributed by atoms with E-state index in [0.717, 1.165) is 25.7 Å². The Bertz CT molecular complexity index is 737. The van der Waals surface area contributed by atoms with Crippen LogP contribution in [0.4, 0.5) is 0 Å². The van der Waals surface area contributed by atoms with Gasteiger partial charge in [-0.05, 0) is 62.2 Å². The number of ketones is 1. The second-order valence-electron chi connectivity index (χ2n) is 12.6. The first kappa shape index (κ1) is 25.7. The number of carbonyl (C=O) groups excluding carboxylic acids is 2. The number of rotatable bonds is 6. The molecule has 2 aliphatic carbocycles. The Balaban J connectivity index is 2.00. The molecule has 1 aliphatic heterocycles. The van der Waals surface area contributed by atoms with E-state index in [1.807, 2.05) is 0 Å². The number of hydrogen-bond acceptors (Lipinski definition) is 5. The zero-order chi connectivity index (χ0) is 24.3. The van der Waals surface area contributed by atoms with Gasteiger partial charge >= 0.3 is 5.97 Å². The van der Waals surface area contributed by atoms with Crippen LogP contribution in [0, 0.1) is 34.0 Å². The molecular formula is C27H46O5. The van der Waals surface area contributed by atoms with E-state index in [4.69, 9.17) is 9.47 Å². The van der Waals surface area contributed by atoms with Gasteiger partial charge < -0.3 is 14.6 Å². The lowest BCUT2D eigenvalue weighted by Crippen LogP contribution is -2.56. The monoisotopic (exact) mass is 450 g/mol. The molecule has 8 atom stereocenters. The lowest BCUT2D eigenvalue weighted by Gasteiger charge is -2.59. The van der Waals surface area contributed by atoms with Gasteiger partial charge in [-0.15, -0.1) is 0 Å². The van der Waals surface area contributed by atoms with Crippen LogP contribution in [0.2, 0.25) is 0 Å². The van der Waals surface area contributed by atoms with Gasteiger partial charge in [0.15, 0.2) is 11.9 Å². The molecule has 3 fully saturated rings. The Kier molecular flexibility index (Phi) is 6.72. The maximum absolute atomic E-state index is 14.2. The summed E-state index contributed by atoms with van der Waals surface area (Å²) in [6, 6.07) is 0. The van der Waals surface area contributed by atoms with E-state index in [1.54, 1.807) is 20.8 Å². The average Bonchev–Trinajstić information content (AvgIpc) is 2.87. The normalized spacial score (nSPS) is 42.2. The van der Waals surface area contributed by atoms with Gasteiger partial charge in [0.05, 0.1) is 11.7 Å². The number of hydrogen-bond donors (Lipinski definition) is 1. The Labute approximate surface area is 195 Å². The summed E-state index contributed by atoms with van der Waals surface area (Å²) in [4.78, 5) is 26.3. The van der Waals surface area contributed by atoms with Crippen molar-refractivity contribution in [2.45, 2.75) is 125 Å². The fourth-order valence-electron chi connectivity index (χ4n) is 7.85. The molecule has 1 heterocycles. The van der Waals surface area contributed by atoms with E-state index in [-0.39, 0.29) is 40.8 Å². The summed E-state index contributed by atoms with van der Waals surface area (Å²) in [7, 11) is 0. The second-order valence-corrected chi connectivity index (χ2v) is 12.6. The van der Waals surface area contributed by atoms with Crippen molar-refractivity contribution in [2.24, 2.45) is 34.0 Å². The summed E-state index contributed by atoms with van der Waals surface area (Å²) in [5, 5.41) is 10.8. The average molecular weight is 451 g/mol. The van der Waals surface area contributed by atoms with Crippen molar-refractivity contribution >= 4 is 11.8 Å². The minimum atomic E-state index is -1.25. The molecule has 1 saturated heterocycles. The second kappa shape index (κ2) is 8.37. The summed E-state index contributed by atoms with van der Waals surface area (Å²) in [6.45, 7) is 18.7. The number of carbonyl (C=O) groups is 2. The quantitative estimate of drug-likeness (QED) is 0.554. The van der Waals surface area contributed by atoms with Crippen molar-refractivity contribution < 1.29 is 24.2 Å². The van der Waals surface area contributed by atoms with Crippen molar-refractivity contribution in [1.82, 2.24) is 0 Å². The van der Waals surface area contributed by atoms with Gasteiger partial charge in [-0.3, -0.25) is 9.59 Å². The molecule has 8 unspecified atom stereocenters. The van der Waals surface area contributed by atoms with E-state index in [2.05, 4.69) is 41.5 Å². The Morgan fingerprint density at radius 2 is 1.84 bits per heavy atom. The number of aliphatic hydroxyl groups is 1. The smallest absolute Gasteiger partial charge is 0.305 e. The first-order chi connectivity index (χ1) is 14.6. The molecule has 0 aromatic carbocycles. The van der Waals surface area contributed by atoms with Gasteiger partial charge in [0, 0.05) is 17.8 Å². The minimum Gasteiger partial charge on any atom is -0.457 e. The van der Waals surface area contributed by atoms with Crippen LogP contribution in [0.15, 0.2) is 0 Å². The molecule has 0 amide bonds. The molecule has 3 rings (SSSR count). The third-order valence-electron chi connectivity index (χ3n) is 9.64. The first-order valence-electron chi connectivity index (χ1n) is 12.8. The summed E-state index contributed by atoms with van der Waals surface area (Å²) in [5.74, 6) is 0.572. The highest BCUT2D eigenvalue weighted by Gasteiger charge is 2.72. The molecule has 0 spiro atoms. The standard InChI is InChI=1S/C27H46O5/c1-10-12-18-24(4,5)13-14-26(8)20-16(3)15-17(31-21(20)22(29)27(18,26)9)23(25(6,7)30)32-19(28)11-2/h16-18,20-21,23,30H,10-15H2,1-9H3. The summed E-state index contributed by atoms with van der Waals surface area (Å²) < 4.78 is 12.2. The number of Topliss-reactive ketones (excluding diaryl/α,β-unsaturated/α-hetero) is 1. The summed E-state index contributed by atoms with van der Waals surface area (Å²) in [5.41, 5.74) is -1.69. The van der Waals surface area contributed by atoms with Gasteiger partial charge in [0.2, 0.25) is 0 Å². The van der Waals surface area contributed by atoms with Crippen LogP contribution >= 0.6 is 0 Å². The van der Waals surface area contributed by atoms with E-state index in [9.17, 15) is 14.7 Å². The lowest BCUT2D eigenvalue weighted by molar-refractivity contribution is -0.209. The molecule has 0 aromatic rings. The van der Waals surface area contributed by atoms with E-state index in [1.165, 1.54) is 0 Å². The highest BCUT2D eigenvalue weighted by atomic mass is 16.6. The molecular weight excluding hydrogens is 404 g/mol. The molecule has 32 heavy (non-hydrogen) atoms. The predicted molar refractivity (Wildman–Crippen MR) is 125 cm³/mol. The van der Waals surface area contributed by atoms with Crippen molar-refractivity contribution in [3.63, 3.8) is 0 Å². The van der Waals surface area contributed by atoms with Crippen molar-refractivity contribution in [3.8, 4) is 0 Å². The van der Waals surface area contributed by atoms with Crippen LogP contribution in [0.5, 0.6) is 0 Å². The van der Waals surface area contributed by atoms with Crippen LogP contribution in [0.1, 0.15) is 101 Å². The van der Waals surface area contributed by atoms with Gasteiger partial charge in [-0.2, -0.15) is 0 Å². The van der Waals surface area contributed by atoms with Crippen molar-refractivity contribution in [2.75, 3.05) is 0 Å². The Morgan fingerprint density at radius 1 is 1.22 bits per heavy atom. The summed E-state index contributed by atoms with van der Waals surface area (Å²) in [6.07, 6.45) is 3.39. The fourth-order valence-corrected chi connectivity index (χ4v) is 7.85. The maximum Gasteiger partial charge on any atom is 0.305 e. The zero-order valence-electron chi connectivity index (χ0n) is 21.8. The van der Waals surface area contributed by atoms with Gasteiger partial charge in [-0.25, -0.2) is 0 Å². The highest BCUT2D eigenvalue weighted by molar-refractivity contribution is 5.93. The molecule has 3 aliphatic rings. The molecule has 5 heteroatoms. The van der Waals surface area contributed by atoms with E-state index < -0.39 is 29.3 Å². The maximum atomic E-state index is 14.2. The number of fused-ring (bicyclic) bond motifs is 3. The molecule has 5 nitrogen and oxygen atoms in total. The third kappa shape index (κ3) is 3.76. The van der Waals surface area contributed by atoms with Crippen LogP contribution in [0.3, 0.4) is 0 Å². The molecule has 2 saturated carbocycles. The Morgan fingerprint density at radius 3 is 2.38 bits per heavy atom. The zero-order valence-corrected chi connectivity index (χ0v) is 21.8. The number of esters is 1. The van der Waals surface area contributed by atoms with Gasteiger partial charge in [-0.1, -0.05) is 54.9 Å². The molecule has 184 valence electrons. The summed E-state index contributed by atoms with van der Waals surface area (Å²) >= 11 is 0. The van der Waals surface area contributed by atoms with Crippen LogP contribution in [0.25, 0.3) is 0 Å². The topological polar surface area (TPSA) is 72.8 Å². The SMILES string of the molecule is CCCC1C(C)(C)CCC2(C)C3C(C)CC(C(OC(=O)CC)C(C)(C)O)OC3C(=O)C12C. The molecule has 1 N–H and O–H groups in total. The van der Waals surface area contributed by atoms with E-state index in [0.29, 0.717) is 12.3 Å². The van der Waals surface area contributed by atoms with Crippen LogP contribution in [-0.2, 0) is 19.1 Å². The highest BCUT2D eigenvalue weighted by Crippen LogP contribution is 2.71. The minimum absolute atomic E-state index is 0.112. The fraction of sp³-hybridized carbons (Fsp3) is 0.926. The largest absolute Gasteiger partial charge is 0.457 e. The van der Waals surface area contributed by atoms with E-state index >= 15 is 0 Å². The number of ether oxygens (including phenoxy) is 2. The predicted octanol–water partition coefficient (Wildman–Crippen LogP) is 5.32. The van der Waals surface area contributed by atoms with Gasteiger partial charge in [0.1, 0.15) is 6.10 Å². The lowest BCUT2D eigenvalue weighted by atomic mass is 9.44. The third-order valence-corrected chi connectivity index (χ3v) is 9.64. The van der Waals surface area contributed by atoms with Crippen molar-refractivity contribution in [1.29, 1.82) is 0 Å². The Hall–Kier alpha value is -0.940. The van der Waals surface area contributed by atoms with Crippen molar-refractivity contribution in [3.05, 3.63) is 0 Å². The van der Waals surface area contributed by atoms with Crippen LogP contribution < -0.4 is 0 Å².